The van der Waals surface area contributed by atoms with Gasteiger partial charge in [0.05, 0.1) is 32.7 Å². The molecule has 0 radical (unpaired) electrons. The molecule has 2 aromatic rings. The van der Waals surface area contributed by atoms with Gasteiger partial charge in [0.2, 0.25) is 0 Å². The highest BCUT2D eigenvalue weighted by Gasteiger charge is 2.33. The second-order valence-corrected chi connectivity index (χ2v) is 8.34. The summed E-state index contributed by atoms with van der Waals surface area (Å²) >= 11 is 7.95. The third-order valence-electron chi connectivity index (χ3n) is 3.73. The van der Waals surface area contributed by atoms with Gasteiger partial charge < -0.3 is 9.84 Å². The highest BCUT2D eigenvalue weighted by Crippen LogP contribution is 2.37. The summed E-state index contributed by atoms with van der Waals surface area (Å²) in [4.78, 5) is 19.7. The third-order valence-corrected chi connectivity index (χ3v) is 5.94. The zero-order valence-electron chi connectivity index (χ0n) is 14.4. The van der Waals surface area contributed by atoms with Crippen LogP contribution in [0.25, 0.3) is 6.08 Å². The number of benzene rings is 2. The van der Waals surface area contributed by atoms with Crippen LogP contribution in [0, 0.1) is 0 Å². The maximum atomic E-state index is 12.9. The number of hydrogen-bond donors (Lipinski definition) is 1. The van der Waals surface area contributed by atoms with E-state index in [1.54, 1.807) is 30.2 Å². The van der Waals surface area contributed by atoms with Crippen molar-refractivity contribution in [2.45, 2.75) is 0 Å². The predicted octanol–water partition coefficient (Wildman–Crippen LogP) is 5.17. The smallest absolute Gasteiger partial charge is 0.266 e. The molecule has 3 rings (SSSR count). The molecule has 0 bridgehead atoms. The summed E-state index contributed by atoms with van der Waals surface area (Å²) < 4.78 is 6.23. The van der Waals surface area contributed by atoms with Gasteiger partial charge in [0, 0.05) is 7.11 Å². The molecule has 1 fully saturated rings. The Labute approximate surface area is 178 Å². The lowest BCUT2D eigenvalue weighted by Gasteiger charge is -2.14. The van der Waals surface area contributed by atoms with Gasteiger partial charge in [-0.25, -0.2) is 4.99 Å². The zero-order chi connectivity index (χ0) is 19.4. The van der Waals surface area contributed by atoms with Crippen LogP contribution >= 0.6 is 43.6 Å². The van der Waals surface area contributed by atoms with Crippen molar-refractivity contribution in [3.63, 3.8) is 0 Å². The van der Waals surface area contributed by atoms with Gasteiger partial charge in [-0.1, -0.05) is 18.2 Å². The predicted molar refractivity (Wildman–Crippen MR) is 116 cm³/mol. The molecule has 1 amide bonds. The fourth-order valence-corrected chi connectivity index (χ4v) is 4.65. The summed E-state index contributed by atoms with van der Waals surface area (Å²) in [5.74, 6) is 0.00246. The van der Waals surface area contributed by atoms with Crippen molar-refractivity contribution in [1.82, 2.24) is 4.90 Å². The van der Waals surface area contributed by atoms with E-state index in [1.165, 1.54) is 11.8 Å². The molecular formula is C19H16Br2N2O3S. The van der Waals surface area contributed by atoms with Crippen LogP contribution < -0.4 is 0 Å². The number of amides is 1. The van der Waals surface area contributed by atoms with Crippen molar-refractivity contribution in [2.75, 3.05) is 20.3 Å². The Morgan fingerprint density at radius 3 is 2.52 bits per heavy atom. The van der Waals surface area contributed by atoms with Gasteiger partial charge >= 0.3 is 0 Å². The molecule has 1 saturated heterocycles. The van der Waals surface area contributed by atoms with E-state index in [0.717, 1.165) is 11.3 Å². The molecule has 0 atom stereocenters. The van der Waals surface area contributed by atoms with E-state index in [-0.39, 0.29) is 11.7 Å². The summed E-state index contributed by atoms with van der Waals surface area (Å²) in [7, 11) is 1.60. The number of amidine groups is 1. The van der Waals surface area contributed by atoms with Crippen molar-refractivity contribution in [2.24, 2.45) is 4.99 Å². The molecule has 0 aromatic heterocycles. The maximum absolute atomic E-state index is 12.9. The molecule has 1 heterocycles. The first-order valence-corrected chi connectivity index (χ1v) is 10.4. The molecule has 1 aliphatic heterocycles. The lowest BCUT2D eigenvalue weighted by Crippen LogP contribution is -2.32. The standard InChI is InChI=1S/C19H16Br2N2O3S/c1-26-8-7-23-18(25)16(11-12-9-14(20)17(24)15(21)10-12)27-19(23)22-13-5-3-2-4-6-13/h2-6,9-11,24H,7-8H2,1H3/b16-11-,22-19?. The highest BCUT2D eigenvalue weighted by molar-refractivity contribution is 9.11. The van der Waals surface area contributed by atoms with Crippen LogP contribution in [0.4, 0.5) is 5.69 Å². The van der Waals surface area contributed by atoms with Gasteiger partial charge in [0.1, 0.15) is 5.75 Å². The minimum atomic E-state index is -0.118. The molecule has 0 saturated carbocycles. The number of para-hydroxylation sites is 1. The number of thioether (sulfide) groups is 1. The topological polar surface area (TPSA) is 62.1 Å². The van der Waals surface area contributed by atoms with Crippen LogP contribution in [-0.4, -0.2) is 41.3 Å². The van der Waals surface area contributed by atoms with Gasteiger partial charge in [0.25, 0.3) is 5.91 Å². The van der Waals surface area contributed by atoms with E-state index in [0.29, 0.717) is 32.2 Å². The summed E-state index contributed by atoms with van der Waals surface area (Å²) in [5.41, 5.74) is 1.57. The molecule has 140 valence electrons. The van der Waals surface area contributed by atoms with Crippen LogP contribution in [0.5, 0.6) is 5.75 Å². The molecule has 27 heavy (non-hydrogen) atoms. The SMILES string of the molecule is COCCN1C(=O)/C(=C/c2cc(Br)c(O)c(Br)c2)SC1=Nc1ccccc1. The number of aromatic hydroxyl groups is 1. The van der Waals surface area contributed by atoms with Gasteiger partial charge in [-0.15, -0.1) is 0 Å². The van der Waals surface area contributed by atoms with Crippen molar-refractivity contribution in [1.29, 1.82) is 0 Å². The Bertz CT molecular complexity index is 893. The average molecular weight is 512 g/mol. The molecule has 2 aromatic carbocycles. The Morgan fingerprint density at radius 1 is 1.22 bits per heavy atom. The van der Waals surface area contributed by atoms with E-state index < -0.39 is 0 Å². The molecular weight excluding hydrogens is 496 g/mol. The molecule has 8 heteroatoms. The van der Waals surface area contributed by atoms with E-state index in [2.05, 4.69) is 36.9 Å². The maximum Gasteiger partial charge on any atom is 0.266 e. The van der Waals surface area contributed by atoms with E-state index >= 15 is 0 Å². The number of methoxy groups -OCH3 is 1. The van der Waals surface area contributed by atoms with Crippen LogP contribution in [-0.2, 0) is 9.53 Å². The van der Waals surface area contributed by atoms with Gasteiger partial charge in [0.15, 0.2) is 5.17 Å². The number of hydrogen-bond acceptors (Lipinski definition) is 5. The molecule has 5 nitrogen and oxygen atoms in total. The molecule has 0 aliphatic carbocycles. The normalized spacial score (nSPS) is 17.3. The Hall–Kier alpha value is -1.61. The molecule has 1 aliphatic rings. The number of halogens is 2. The fraction of sp³-hybridized carbons (Fsp3) is 0.158. The van der Waals surface area contributed by atoms with E-state index in [9.17, 15) is 9.90 Å². The Balaban J connectivity index is 1.95. The Morgan fingerprint density at radius 2 is 1.89 bits per heavy atom. The van der Waals surface area contributed by atoms with Crippen LogP contribution in [0.2, 0.25) is 0 Å². The summed E-state index contributed by atoms with van der Waals surface area (Å²) in [6, 6.07) is 13.0. The van der Waals surface area contributed by atoms with Crippen molar-refractivity contribution in [3.05, 3.63) is 61.9 Å². The summed E-state index contributed by atoms with van der Waals surface area (Å²) in [5, 5.41) is 10.5. The number of rotatable bonds is 5. The lowest BCUT2D eigenvalue weighted by molar-refractivity contribution is -0.122. The number of carbonyl (C=O) groups excluding carboxylic acids is 1. The molecule has 1 N–H and O–H groups in total. The minimum absolute atomic E-state index is 0.118. The van der Waals surface area contributed by atoms with Crippen molar-refractivity contribution < 1.29 is 14.6 Å². The monoisotopic (exact) mass is 510 g/mol. The highest BCUT2D eigenvalue weighted by atomic mass is 79.9. The number of phenolic OH excluding ortho intramolecular Hbond substituents is 1. The summed E-state index contributed by atoms with van der Waals surface area (Å²) in [6.07, 6.45) is 1.79. The quantitative estimate of drug-likeness (QED) is 0.562. The van der Waals surface area contributed by atoms with Gasteiger partial charge in [-0.3, -0.25) is 9.69 Å². The Kier molecular flexibility index (Phi) is 6.75. The minimum Gasteiger partial charge on any atom is -0.506 e. The fourth-order valence-electron chi connectivity index (χ4n) is 2.40. The van der Waals surface area contributed by atoms with E-state index in [1.807, 2.05) is 30.3 Å². The van der Waals surface area contributed by atoms with Crippen molar-refractivity contribution >= 4 is 66.5 Å². The van der Waals surface area contributed by atoms with Crippen LogP contribution in [0.3, 0.4) is 0 Å². The summed E-state index contributed by atoms with van der Waals surface area (Å²) in [6.45, 7) is 0.845. The first-order chi connectivity index (χ1) is 13.0. The lowest BCUT2D eigenvalue weighted by atomic mass is 10.2. The zero-order valence-corrected chi connectivity index (χ0v) is 18.3. The largest absolute Gasteiger partial charge is 0.506 e. The third kappa shape index (κ3) is 4.82. The number of phenols is 1. The molecule has 0 spiro atoms. The van der Waals surface area contributed by atoms with Crippen LogP contribution in [0.15, 0.2) is 61.3 Å². The molecule has 0 unspecified atom stereocenters. The first kappa shape index (κ1) is 20.1. The number of aliphatic imine (C=N–C) groups is 1. The van der Waals surface area contributed by atoms with Crippen LogP contribution in [0.1, 0.15) is 5.56 Å². The first-order valence-electron chi connectivity index (χ1n) is 8.01. The number of ether oxygens (including phenoxy) is 1. The second kappa shape index (κ2) is 9.05. The van der Waals surface area contributed by atoms with Gasteiger partial charge in [-0.2, -0.15) is 0 Å². The van der Waals surface area contributed by atoms with Gasteiger partial charge in [-0.05, 0) is 79.5 Å². The second-order valence-electron chi connectivity index (χ2n) is 5.62. The van der Waals surface area contributed by atoms with Crippen molar-refractivity contribution in [3.8, 4) is 5.75 Å². The number of nitrogens with zero attached hydrogens (tertiary/aromatic N) is 2. The average Bonchev–Trinajstić information content (AvgIpc) is 2.93. The number of carbonyl (C=O) groups is 1. The van der Waals surface area contributed by atoms with E-state index in [4.69, 9.17) is 4.74 Å².